The summed E-state index contributed by atoms with van der Waals surface area (Å²) in [6.07, 6.45) is -4.72. The number of anilines is 1. The van der Waals surface area contributed by atoms with Crippen LogP contribution >= 0.6 is 0 Å². The summed E-state index contributed by atoms with van der Waals surface area (Å²) in [6, 6.07) is 4.15. The van der Waals surface area contributed by atoms with E-state index in [1.165, 1.54) is 25.3 Å². The van der Waals surface area contributed by atoms with Gasteiger partial charge in [-0.15, -0.1) is 13.2 Å². The molecular formula is C10H12F3NO2. The van der Waals surface area contributed by atoms with Gasteiger partial charge in [0.2, 0.25) is 0 Å². The second-order valence-electron chi connectivity index (χ2n) is 2.94. The standard InChI is InChI=1S/C10H12F3NO2/c1-3-14-7-4-5-8(9(6-7)15-2)16-10(11,12)13/h4-6,14H,3H2,1-2H3. The first-order valence-corrected chi connectivity index (χ1v) is 4.64. The Morgan fingerprint density at radius 1 is 1.25 bits per heavy atom. The first kappa shape index (κ1) is 12.5. The molecule has 3 nitrogen and oxygen atoms in total. The fraction of sp³-hybridized carbons (Fsp3) is 0.400. The van der Waals surface area contributed by atoms with Crippen molar-refractivity contribution in [2.24, 2.45) is 0 Å². The number of hydrogen-bond donors (Lipinski definition) is 1. The van der Waals surface area contributed by atoms with Crippen LogP contribution in [0.3, 0.4) is 0 Å². The van der Waals surface area contributed by atoms with Crippen molar-refractivity contribution in [2.45, 2.75) is 13.3 Å². The van der Waals surface area contributed by atoms with Crippen molar-refractivity contribution in [1.29, 1.82) is 0 Å². The summed E-state index contributed by atoms with van der Waals surface area (Å²) in [5.74, 6) is -0.313. The van der Waals surface area contributed by atoms with E-state index >= 15 is 0 Å². The molecule has 0 saturated heterocycles. The average molecular weight is 235 g/mol. The van der Waals surface area contributed by atoms with Crippen LogP contribution in [-0.4, -0.2) is 20.0 Å². The number of hydrogen-bond acceptors (Lipinski definition) is 3. The average Bonchev–Trinajstić information content (AvgIpc) is 2.18. The van der Waals surface area contributed by atoms with Gasteiger partial charge in [0.15, 0.2) is 11.5 Å². The van der Waals surface area contributed by atoms with Gasteiger partial charge >= 0.3 is 6.36 Å². The van der Waals surface area contributed by atoms with Gasteiger partial charge in [-0.2, -0.15) is 0 Å². The summed E-state index contributed by atoms with van der Waals surface area (Å²) < 4.78 is 44.7. The Balaban J connectivity index is 2.93. The predicted molar refractivity (Wildman–Crippen MR) is 53.8 cm³/mol. The van der Waals surface area contributed by atoms with E-state index in [9.17, 15) is 13.2 Å². The van der Waals surface area contributed by atoms with Gasteiger partial charge in [0.1, 0.15) is 0 Å². The monoisotopic (exact) mass is 235 g/mol. The predicted octanol–water partition coefficient (Wildman–Crippen LogP) is 3.03. The zero-order chi connectivity index (χ0) is 12.2. The Morgan fingerprint density at radius 3 is 2.44 bits per heavy atom. The number of methoxy groups -OCH3 is 1. The van der Waals surface area contributed by atoms with Gasteiger partial charge in [0, 0.05) is 18.3 Å². The number of halogens is 3. The van der Waals surface area contributed by atoms with E-state index in [-0.39, 0.29) is 11.5 Å². The van der Waals surface area contributed by atoms with Crippen molar-refractivity contribution in [3.63, 3.8) is 0 Å². The molecule has 1 N–H and O–H groups in total. The molecule has 0 amide bonds. The smallest absolute Gasteiger partial charge is 0.493 e. The second kappa shape index (κ2) is 4.96. The second-order valence-corrected chi connectivity index (χ2v) is 2.94. The van der Waals surface area contributed by atoms with E-state index in [0.717, 1.165) is 0 Å². The van der Waals surface area contributed by atoms with Gasteiger partial charge in [-0.1, -0.05) is 0 Å². The highest BCUT2D eigenvalue weighted by Crippen LogP contribution is 2.34. The van der Waals surface area contributed by atoms with Crippen molar-refractivity contribution in [3.05, 3.63) is 18.2 Å². The number of benzene rings is 1. The number of alkyl halides is 3. The third-order valence-corrected chi connectivity index (χ3v) is 1.77. The van der Waals surface area contributed by atoms with Crippen LogP contribution in [0, 0.1) is 0 Å². The minimum Gasteiger partial charge on any atom is -0.493 e. The van der Waals surface area contributed by atoms with Crippen LogP contribution in [0.4, 0.5) is 18.9 Å². The summed E-state index contributed by atoms with van der Waals surface area (Å²) in [5.41, 5.74) is 0.675. The fourth-order valence-corrected chi connectivity index (χ4v) is 1.19. The minimum atomic E-state index is -4.72. The molecule has 0 spiro atoms. The molecule has 6 heteroatoms. The highest BCUT2D eigenvalue weighted by atomic mass is 19.4. The van der Waals surface area contributed by atoms with E-state index in [2.05, 4.69) is 10.1 Å². The SMILES string of the molecule is CCNc1ccc(OC(F)(F)F)c(OC)c1. The molecule has 90 valence electrons. The van der Waals surface area contributed by atoms with Crippen LogP contribution in [0.2, 0.25) is 0 Å². The first-order chi connectivity index (χ1) is 7.46. The largest absolute Gasteiger partial charge is 0.573 e. The van der Waals surface area contributed by atoms with Crippen LogP contribution < -0.4 is 14.8 Å². The Labute approximate surface area is 91.2 Å². The van der Waals surface area contributed by atoms with Crippen molar-refractivity contribution in [2.75, 3.05) is 19.0 Å². The van der Waals surface area contributed by atoms with Gasteiger partial charge in [-0.3, -0.25) is 0 Å². The molecule has 0 aliphatic carbocycles. The van der Waals surface area contributed by atoms with E-state index in [4.69, 9.17) is 4.74 Å². The number of nitrogens with one attached hydrogen (secondary N) is 1. The zero-order valence-electron chi connectivity index (χ0n) is 8.89. The van der Waals surface area contributed by atoms with Gasteiger partial charge < -0.3 is 14.8 Å². The van der Waals surface area contributed by atoms with E-state index in [1.54, 1.807) is 0 Å². The maximum Gasteiger partial charge on any atom is 0.573 e. The van der Waals surface area contributed by atoms with E-state index in [0.29, 0.717) is 12.2 Å². The molecular weight excluding hydrogens is 223 g/mol. The third kappa shape index (κ3) is 3.52. The van der Waals surface area contributed by atoms with Crippen LogP contribution in [0.25, 0.3) is 0 Å². The van der Waals surface area contributed by atoms with Crippen LogP contribution in [-0.2, 0) is 0 Å². The van der Waals surface area contributed by atoms with Crippen molar-refractivity contribution in [1.82, 2.24) is 0 Å². The summed E-state index contributed by atoms with van der Waals surface area (Å²) in [6.45, 7) is 2.55. The Morgan fingerprint density at radius 2 is 1.94 bits per heavy atom. The summed E-state index contributed by atoms with van der Waals surface area (Å²) in [4.78, 5) is 0. The normalized spacial score (nSPS) is 11.1. The molecule has 1 rings (SSSR count). The van der Waals surface area contributed by atoms with E-state index < -0.39 is 6.36 Å². The van der Waals surface area contributed by atoms with Crippen LogP contribution in [0.15, 0.2) is 18.2 Å². The number of rotatable bonds is 4. The molecule has 0 aromatic heterocycles. The molecule has 0 radical (unpaired) electrons. The topological polar surface area (TPSA) is 30.5 Å². The Hall–Kier alpha value is -1.59. The fourth-order valence-electron chi connectivity index (χ4n) is 1.19. The van der Waals surface area contributed by atoms with Gasteiger partial charge in [0.05, 0.1) is 7.11 Å². The summed E-state index contributed by atoms with van der Waals surface area (Å²) >= 11 is 0. The molecule has 0 fully saturated rings. The Kier molecular flexibility index (Phi) is 3.87. The molecule has 0 heterocycles. The zero-order valence-corrected chi connectivity index (χ0v) is 8.89. The highest BCUT2D eigenvalue weighted by molar-refractivity contribution is 5.54. The molecule has 16 heavy (non-hydrogen) atoms. The lowest BCUT2D eigenvalue weighted by atomic mass is 10.2. The summed E-state index contributed by atoms with van der Waals surface area (Å²) in [7, 11) is 1.29. The lowest BCUT2D eigenvalue weighted by Crippen LogP contribution is -2.17. The maximum absolute atomic E-state index is 12.0. The first-order valence-electron chi connectivity index (χ1n) is 4.64. The quantitative estimate of drug-likeness (QED) is 0.870. The van der Waals surface area contributed by atoms with Gasteiger partial charge in [0.25, 0.3) is 0 Å². The molecule has 1 aromatic carbocycles. The van der Waals surface area contributed by atoms with Crippen molar-refractivity contribution in [3.8, 4) is 11.5 Å². The molecule has 0 aliphatic heterocycles. The molecule has 0 atom stereocenters. The van der Waals surface area contributed by atoms with Gasteiger partial charge in [-0.05, 0) is 19.1 Å². The summed E-state index contributed by atoms with van der Waals surface area (Å²) in [5, 5.41) is 2.96. The Bertz CT molecular complexity index is 352. The third-order valence-electron chi connectivity index (χ3n) is 1.77. The molecule has 1 aromatic rings. The van der Waals surface area contributed by atoms with E-state index in [1.807, 2.05) is 6.92 Å². The van der Waals surface area contributed by atoms with Gasteiger partial charge in [-0.25, -0.2) is 0 Å². The van der Waals surface area contributed by atoms with Crippen molar-refractivity contribution < 1.29 is 22.6 Å². The van der Waals surface area contributed by atoms with Crippen molar-refractivity contribution >= 4 is 5.69 Å². The lowest BCUT2D eigenvalue weighted by Gasteiger charge is -2.13. The molecule has 0 saturated carbocycles. The highest BCUT2D eigenvalue weighted by Gasteiger charge is 2.32. The maximum atomic E-state index is 12.0. The minimum absolute atomic E-state index is 0.0378. The molecule has 0 unspecified atom stereocenters. The van der Waals surface area contributed by atoms with Crippen LogP contribution in [0.1, 0.15) is 6.92 Å². The number of ether oxygens (including phenoxy) is 2. The molecule has 0 bridgehead atoms. The lowest BCUT2D eigenvalue weighted by molar-refractivity contribution is -0.275. The van der Waals surface area contributed by atoms with Crippen LogP contribution in [0.5, 0.6) is 11.5 Å². The molecule has 0 aliphatic rings.